The first-order valence-electron chi connectivity index (χ1n) is 21.8. The summed E-state index contributed by atoms with van der Waals surface area (Å²) < 4.78 is 22.8. The minimum atomic E-state index is -1.20. The van der Waals surface area contributed by atoms with Crippen LogP contribution in [0.2, 0.25) is 0 Å². The van der Waals surface area contributed by atoms with Gasteiger partial charge in [-0.1, -0.05) is 125 Å². The van der Waals surface area contributed by atoms with E-state index >= 15 is 0 Å². The highest BCUT2D eigenvalue weighted by molar-refractivity contribution is 5.97. The number of carbonyl (C=O) groups is 3. The van der Waals surface area contributed by atoms with Crippen molar-refractivity contribution in [1.82, 2.24) is 10.2 Å². The van der Waals surface area contributed by atoms with Gasteiger partial charge in [-0.05, 0) is 83.0 Å². The molecule has 4 aromatic rings. The molecule has 1 saturated carbocycles. The van der Waals surface area contributed by atoms with Crippen LogP contribution in [0.1, 0.15) is 91.6 Å². The van der Waals surface area contributed by atoms with Crippen molar-refractivity contribution in [2.45, 2.75) is 96.3 Å². The van der Waals surface area contributed by atoms with E-state index in [2.05, 4.69) is 51.4 Å². The van der Waals surface area contributed by atoms with Crippen molar-refractivity contribution < 1.29 is 38.4 Å². The summed E-state index contributed by atoms with van der Waals surface area (Å²) in [5, 5.41) is 15.5. The number of benzene rings is 4. The predicted octanol–water partition coefficient (Wildman–Crippen LogP) is 9.87. The monoisotopic (exact) mass is 859 g/mol. The first-order valence-corrected chi connectivity index (χ1v) is 21.8. The maximum Gasteiger partial charge on any atom is 0.414 e. The smallest absolute Gasteiger partial charge is 0.414 e. The molecule has 0 bridgehead atoms. The molecule has 0 spiro atoms. The van der Waals surface area contributed by atoms with Gasteiger partial charge in [0.25, 0.3) is 5.91 Å². The molecular formula is C52H65N3O8. The number of rotatable bonds is 23. The molecular weight excluding hydrogens is 795 g/mol. The molecule has 3 atom stereocenters. The average molecular weight is 860 g/mol. The third-order valence-corrected chi connectivity index (χ3v) is 11.3. The van der Waals surface area contributed by atoms with Gasteiger partial charge in [0.1, 0.15) is 13.2 Å². The number of anilines is 1. The topological polar surface area (TPSA) is 127 Å². The van der Waals surface area contributed by atoms with Crippen LogP contribution in [0.15, 0.2) is 128 Å². The zero-order valence-corrected chi connectivity index (χ0v) is 37.6. The van der Waals surface area contributed by atoms with Crippen molar-refractivity contribution in [2.24, 2.45) is 5.92 Å². The zero-order chi connectivity index (χ0) is 45.4. The Morgan fingerprint density at radius 2 is 1.48 bits per heavy atom. The number of aliphatic hydroxyl groups is 1. The number of hydrogen-bond donors (Lipinski definition) is 2. The Hall–Kier alpha value is -5.75. The second-order valence-corrected chi connectivity index (χ2v) is 17.4. The summed E-state index contributed by atoms with van der Waals surface area (Å²) in [6.45, 7) is 17.3. The van der Waals surface area contributed by atoms with Gasteiger partial charge in [0.05, 0.1) is 37.4 Å². The van der Waals surface area contributed by atoms with E-state index < -0.39 is 35.8 Å². The van der Waals surface area contributed by atoms with Crippen LogP contribution in [0.4, 0.5) is 15.3 Å². The van der Waals surface area contributed by atoms with Crippen molar-refractivity contribution in [3.63, 3.8) is 0 Å². The molecule has 3 amide bonds. The molecule has 0 unspecified atom stereocenters. The normalized spacial score (nSPS) is 14.4. The lowest BCUT2D eigenvalue weighted by atomic mass is 9.85. The Kier molecular flexibility index (Phi) is 17.7. The van der Waals surface area contributed by atoms with Crippen molar-refractivity contribution in [1.29, 1.82) is 0 Å². The van der Waals surface area contributed by atoms with Crippen LogP contribution < -0.4 is 10.2 Å². The fourth-order valence-corrected chi connectivity index (χ4v) is 7.63. The van der Waals surface area contributed by atoms with E-state index in [9.17, 15) is 19.5 Å². The summed E-state index contributed by atoms with van der Waals surface area (Å²) in [5.41, 5.74) is 4.26. The lowest BCUT2D eigenvalue weighted by molar-refractivity contribution is 0.0279. The van der Waals surface area contributed by atoms with Gasteiger partial charge in [0.2, 0.25) is 0 Å². The van der Waals surface area contributed by atoms with E-state index in [1.54, 1.807) is 42.4 Å². The molecule has 5 rings (SSSR count). The number of carbonyl (C=O) groups excluding carboxylic acids is 3. The highest BCUT2D eigenvalue weighted by atomic mass is 16.6. The average Bonchev–Trinajstić information content (AvgIpc) is 4.09. The molecule has 0 saturated heterocycles. The maximum absolute atomic E-state index is 14.5. The second kappa shape index (κ2) is 23.1. The number of aliphatic hydroxyl groups excluding tert-OH is 1. The standard InChI is InChI=1S/C52H65N3O8/c1-8-26-54(49(58)62-36-39-17-12-10-13-18-39)45-31-41(35-60-7)30-42(32-45)48(57)53-46(29-38(3)23-28-61-27-9-2)47(56)34-55(50(59)63-37-40-19-14-11-15-20-40)52(24-25-52)44-22-16-21-43(33-44)51(4,5)6/h8-22,30-33,38,46-47,56H,1-2,23-29,34-37H2,3-7H3,(H,53,57)/t38-,46+,47-/m1/s1. The third kappa shape index (κ3) is 13.9. The minimum Gasteiger partial charge on any atom is -0.445 e. The lowest BCUT2D eigenvalue weighted by Crippen LogP contribution is -2.52. The van der Waals surface area contributed by atoms with Gasteiger partial charge in [0.15, 0.2) is 0 Å². The molecule has 1 aliphatic carbocycles. The summed E-state index contributed by atoms with van der Waals surface area (Å²) >= 11 is 0. The largest absolute Gasteiger partial charge is 0.445 e. The number of hydrogen-bond acceptors (Lipinski definition) is 8. The van der Waals surface area contributed by atoms with Gasteiger partial charge in [-0.2, -0.15) is 0 Å². The number of nitrogens with zero attached hydrogens (tertiary/aromatic N) is 2. The lowest BCUT2D eigenvalue weighted by Gasteiger charge is -2.36. The fourth-order valence-electron chi connectivity index (χ4n) is 7.63. The Morgan fingerprint density at radius 1 is 0.825 bits per heavy atom. The first kappa shape index (κ1) is 48.3. The zero-order valence-electron chi connectivity index (χ0n) is 37.6. The van der Waals surface area contributed by atoms with E-state index in [0.717, 1.165) is 22.3 Å². The molecule has 1 fully saturated rings. The Balaban J connectivity index is 1.46. The van der Waals surface area contributed by atoms with E-state index in [1.807, 2.05) is 79.7 Å². The van der Waals surface area contributed by atoms with E-state index in [-0.39, 0.29) is 49.8 Å². The fraction of sp³-hybridized carbons (Fsp3) is 0.404. The summed E-state index contributed by atoms with van der Waals surface area (Å²) in [6, 6.07) is 31.4. The quantitative estimate of drug-likeness (QED) is 0.0558. The van der Waals surface area contributed by atoms with Crippen LogP contribution in [0.5, 0.6) is 0 Å². The van der Waals surface area contributed by atoms with Gasteiger partial charge in [-0.15, -0.1) is 13.2 Å². The number of nitrogens with one attached hydrogen (secondary N) is 1. The molecule has 0 heterocycles. The summed E-state index contributed by atoms with van der Waals surface area (Å²) in [7, 11) is 1.55. The van der Waals surface area contributed by atoms with E-state index in [1.165, 1.54) is 4.90 Å². The van der Waals surface area contributed by atoms with Gasteiger partial charge in [-0.25, -0.2) is 9.59 Å². The molecule has 0 aliphatic heterocycles. The number of ether oxygens (including phenoxy) is 4. The van der Waals surface area contributed by atoms with Crippen molar-refractivity contribution in [3.8, 4) is 0 Å². The summed E-state index contributed by atoms with van der Waals surface area (Å²) in [6.07, 6.45) is 3.33. The van der Waals surface area contributed by atoms with Crippen LogP contribution in [-0.2, 0) is 49.7 Å². The molecule has 0 radical (unpaired) electrons. The summed E-state index contributed by atoms with van der Waals surface area (Å²) in [4.78, 5) is 45.4. The molecule has 2 N–H and O–H groups in total. The van der Waals surface area contributed by atoms with Crippen LogP contribution in [0.3, 0.4) is 0 Å². The van der Waals surface area contributed by atoms with Gasteiger partial charge in [-0.3, -0.25) is 14.6 Å². The second-order valence-electron chi connectivity index (χ2n) is 17.4. The molecule has 4 aromatic carbocycles. The van der Waals surface area contributed by atoms with Crippen molar-refractivity contribution in [2.75, 3.05) is 38.3 Å². The van der Waals surface area contributed by atoms with Crippen LogP contribution in [0, 0.1) is 5.92 Å². The summed E-state index contributed by atoms with van der Waals surface area (Å²) in [5.74, 6) is -0.466. The Morgan fingerprint density at radius 3 is 2.06 bits per heavy atom. The molecule has 63 heavy (non-hydrogen) atoms. The Bertz CT molecular complexity index is 2110. The third-order valence-electron chi connectivity index (χ3n) is 11.3. The minimum absolute atomic E-state index is 0.00412. The molecule has 0 aromatic heterocycles. The molecule has 11 nitrogen and oxygen atoms in total. The molecule has 1 aliphatic rings. The highest BCUT2D eigenvalue weighted by Gasteiger charge is 2.53. The van der Waals surface area contributed by atoms with Crippen molar-refractivity contribution >= 4 is 23.8 Å². The SMILES string of the molecule is C=CCOCC[C@@H](C)C[C@H](NC(=O)c1cc(COC)cc(N(CC=C)C(=O)OCc2ccccc2)c1)[C@H](O)CN(C(=O)OCc1ccccc1)C1(c2cccc(C(C)(C)C)c2)CC1. The highest BCUT2D eigenvalue weighted by Crippen LogP contribution is 2.52. The first-order chi connectivity index (χ1) is 30.3. The number of methoxy groups -OCH3 is 1. The van der Waals surface area contributed by atoms with E-state index in [4.69, 9.17) is 18.9 Å². The Labute approximate surface area is 373 Å². The van der Waals surface area contributed by atoms with Crippen LogP contribution in [-0.4, -0.2) is 73.7 Å². The van der Waals surface area contributed by atoms with E-state index in [0.29, 0.717) is 50.1 Å². The van der Waals surface area contributed by atoms with Crippen LogP contribution >= 0.6 is 0 Å². The number of amides is 3. The molecule has 11 heteroatoms. The van der Waals surface area contributed by atoms with Gasteiger partial charge in [0, 0.05) is 31.5 Å². The van der Waals surface area contributed by atoms with Crippen molar-refractivity contribution in [3.05, 3.63) is 162 Å². The molecule has 336 valence electrons. The maximum atomic E-state index is 14.5. The van der Waals surface area contributed by atoms with Gasteiger partial charge < -0.3 is 29.4 Å². The predicted molar refractivity (Wildman–Crippen MR) is 247 cm³/mol. The van der Waals surface area contributed by atoms with Crippen LogP contribution in [0.25, 0.3) is 0 Å². The van der Waals surface area contributed by atoms with Gasteiger partial charge >= 0.3 is 12.2 Å².